The van der Waals surface area contributed by atoms with Gasteiger partial charge in [0, 0.05) is 17.5 Å². The molecule has 0 bridgehead atoms. The largest absolute Gasteiger partial charge is 0.486 e. The molecular weight excluding hydrogens is 562 g/mol. The topological polar surface area (TPSA) is 190 Å². The van der Waals surface area contributed by atoms with E-state index in [0.717, 1.165) is 5.56 Å². The third-order valence-electron chi connectivity index (χ3n) is 6.25. The molecular formula is C30H33N3O10. The number of ketones is 1. The molecule has 3 aromatic rings. The normalized spacial score (nSPS) is 12.9. The van der Waals surface area contributed by atoms with E-state index in [2.05, 4.69) is 16.0 Å². The summed E-state index contributed by atoms with van der Waals surface area (Å²) in [5.74, 6) is -3.78. The first kappa shape index (κ1) is 32.3. The molecule has 1 aromatic heterocycles. The summed E-state index contributed by atoms with van der Waals surface area (Å²) >= 11 is 0. The van der Waals surface area contributed by atoms with Gasteiger partial charge < -0.3 is 34.9 Å². The van der Waals surface area contributed by atoms with E-state index in [0.29, 0.717) is 5.39 Å². The van der Waals surface area contributed by atoms with Gasteiger partial charge in [-0.3, -0.25) is 19.2 Å². The quantitative estimate of drug-likeness (QED) is 0.201. The number of alkyl carbamates (subject to hydrolysis) is 1. The van der Waals surface area contributed by atoms with Crippen molar-refractivity contribution in [2.24, 2.45) is 5.92 Å². The first-order valence-electron chi connectivity index (χ1n) is 13.4. The second-order valence-corrected chi connectivity index (χ2v) is 10.0. The minimum Gasteiger partial charge on any atom is -0.486 e. The number of amides is 3. The molecule has 0 aliphatic heterocycles. The maximum Gasteiger partial charge on any atom is 0.408 e. The van der Waals surface area contributed by atoms with Gasteiger partial charge in [-0.25, -0.2) is 9.59 Å². The van der Waals surface area contributed by atoms with Crippen molar-refractivity contribution in [2.45, 2.75) is 51.9 Å². The van der Waals surface area contributed by atoms with Crippen molar-refractivity contribution in [1.29, 1.82) is 0 Å². The Hall–Kier alpha value is -5.20. The molecule has 13 nitrogen and oxygen atoms in total. The number of rotatable bonds is 14. The Morgan fingerprint density at radius 3 is 2.26 bits per heavy atom. The molecule has 4 N–H and O–H groups in total. The van der Waals surface area contributed by atoms with Crippen LogP contribution in [0, 0.1) is 5.92 Å². The van der Waals surface area contributed by atoms with Crippen LogP contribution in [0.1, 0.15) is 32.8 Å². The highest BCUT2D eigenvalue weighted by molar-refractivity contribution is 5.96. The molecule has 3 amide bonds. The number of fused-ring (bicyclic) bond motifs is 1. The summed E-state index contributed by atoms with van der Waals surface area (Å²) in [4.78, 5) is 73.7. The van der Waals surface area contributed by atoms with E-state index in [9.17, 15) is 33.9 Å². The fraction of sp³-hybridized carbons (Fsp3) is 0.333. The lowest BCUT2D eigenvalue weighted by molar-refractivity contribution is -0.141. The highest BCUT2D eigenvalue weighted by Gasteiger charge is 2.30. The lowest BCUT2D eigenvalue weighted by Gasteiger charge is -2.24. The maximum atomic E-state index is 12.9. The Morgan fingerprint density at radius 2 is 1.58 bits per heavy atom. The smallest absolute Gasteiger partial charge is 0.408 e. The number of hydrogen-bond acceptors (Lipinski definition) is 9. The van der Waals surface area contributed by atoms with Crippen LogP contribution in [-0.4, -0.2) is 59.5 Å². The molecule has 0 spiro atoms. The predicted molar refractivity (Wildman–Crippen MR) is 153 cm³/mol. The minimum atomic E-state index is -1.46. The Labute approximate surface area is 246 Å². The van der Waals surface area contributed by atoms with Gasteiger partial charge in [-0.1, -0.05) is 44.2 Å². The van der Waals surface area contributed by atoms with Crippen LogP contribution in [0.15, 0.2) is 69.9 Å². The number of aliphatic carboxylic acids is 1. The lowest BCUT2D eigenvalue weighted by Crippen LogP contribution is -2.56. The van der Waals surface area contributed by atoms with Gasteiger partial charge in [0.25, 0.3) is 0 Å². The molecule has 1 heterocycles. The van der Waals surface area contributed by atoms with E-state index in [1.807, 2.05) is 6.07 Å². The van der Waals surface area contributed by atoms with Crippen LogP contribution in [0.5, 0.6) is 5.75 Å². The Bertz CT molecular complexity index is 1520. The van der Waals surface area contributed by atoms with E-state index in [1.54, 1.807) is 50.2 Å². The van der Waals surface area contributed by atoms with Crippen molar-refractivity contribution < 1.29 is 43.0 Å². The van der Waals surface area contributed by atoms with Gasteiger partial charge in [0.2, 0.25) is 11.8 Å². The predicted octanol–water partition coefficient (Wildman–Crippen LogP) is 2.16. The first-order chi connectivity index (χ1) is 20.4. The molecule has 0 unspecified atom stereocenters. The van der Waals surface area contributed by atoms with E-state index in [-0.39, 0.29) is 23.9 Å². The minimum absolute atomic E-state index is 0.00209. The van der Waals surface area contributed by atoms with Crippen LogP contribution >= 0.6 is 0 Å². The molecule has 0 saturated carbocycles. The summed E-state index contributed by atoms with van der Waals surface area (Å²) in [5.41, 5.74) is 0.427. The summed E-state index contributed by atoms with van der Waals surface area (Å²) in [5, 5.41) is 17.2. The standard InChI is InChI=1S/C30H33N3O10/c1-17(2)27(33-30(40)42-15-19-7-5-4-6-8-19)29(39)31-18(3)28(38)32-22(14-25(35)36)23(34)16-41-21-11-9-20-10-12-26(37)43-24(20)13-21/h4-13,17-18,22,27H,14-16H2,1-3H3,(H,31,39)(H,32,38)(H,33,40)(H,35,36)/t18-,22-,27-/m0/s1. The van der Waals surface area contributed by atoms with Crippen LogP contribution in [0.2, 0.25) is 0 Å². The van der Waals surface area contributed by atoms with Crippen LogP contribution in [0.25, 0.3) is 11.0 Å². The molecule has 3 atom stereocenters. The van der Waals surface area contributed by atoms with Gasteiger partial charge in [-0.15, -0.1) is 0 Å². The zero-order chi connectivity index (χ0) is 31.5. The average molecular weight is 596 g/mol. The van der Waals surface area contributed by atoms with Gasteiger partial charge in [-0.2, -0.15) is 0 Å². The third-order valence-corrected chi connectivity index (χ3v) is 6.25. The molecule has 0 saturated heterocycles. The first-order valence-corrected chi connectivity index (χ1v) is 13.4. The molecule has 0 aliphatic carbocycles. The van der Waals surface area contributed by atoms with E-state index in [4.69, 9.17) is 13.9 Å². The Balaban J connectivity index is 1.56. The number of Topliss-reactive ketones (excluding diaryl/α,β-unsaturated/α-hetero) is 1. The van der Waals surface area contributed by atoms with Gasteiger partial charge in [-0.05, 0) is 36.6 Å². The maximum absolute atomic E-state index is 12.9. The zero-order valence-corrected chi connectivity index (χ0v) is 23.8. The van der Waals surface area contributed by atoms with Crippen LogP contribution in [-0.2, 0) is 30.5 Å². The summed E-state index contributed by atoms with van der Waals surface area (Å²) in [6.07, 6.45) is -1.56. The molecule has 0 fully saturated rings. The zero-order valence-electron chi connectivity index (χ0n) is 23.8. The SMILES string of the molecule is CC(C)[C@H](NC(=O)OCc1ccccc1)C(=O)N[C@@H](C)C(=O)N[C@@H](CC(=O)O)C(=O)COc1ccc2ccc(=O)oc2c1. The van der Waals surface area contributed by atoms with Gasteiger partial charge in [0.15, 0.2) is 5.78 Å². The number of nitrogens with one attached hydrogen (secondary N) is 3. The van der Waals surface area contributed by atoms with E-state index in [1.165, 1.54) is 25.1 Å². The van der Waals surface area contributed by atoms with Crippen molar-refractivity contribution in [3.05, 3.63) is 76.6 Å². The van der Waals surface area contributed by atoms with Crippen LogP contribution in [0.3, 0.4) is 0 Å². The van der Waals surface area contributed by atoms with Gasteiger partial charge in [0.1, 0.15) is 42.7 Å². The second-order valence-electron chi connectivity index (χ2n) is 10.0. The highest BCUT2D eigenvalue weighted by atomic mass is 16.5. The number of ether oxygens (including phenoxy) is 2. The second kappa shape index (κ2) is 15.1. The van der Waals surface area contributed by atoms with Crippen LogP contribution < -0.4 is 26.3 Å². The van der Waals surface area contributed by atoms with E-state index >= 15 is 0 Å². The monoisotopic (exact) mass is 595 g/mol. The van der Waals surface area contributed by atoms with Crippen molar-refractivity contribution in [1.82, 2.24) is 16.0 Å². The third kappa shape index (κ3) is 9.99. The number of carboxylic acids is 1. The number of benzene rings is 2. The Kier molecular flexibility index (Phi) is 11.4. The summed E-state index contributed by atoms with van der Waals surface area (Å²) in [7, 11) is 0. The molecule has 0 radical (unpaired) electrons. The van der Waals surface area contributed by atoms with Crippen molar-refractivity contribution in [3.63, 3.8) is 0 Å². The summed E-state index contributed by atoms with van der Waals surface area (Å²) in [6, 6.07) is 12.6. The summed E-state index contributed by atoms with van der Waals surface area (Å²) < 4.78 is 15.7. The fourth-order valence-electron chi connectivity index (χ4n) is 3.90. The number of carboxylic acid groups (broad SMARTS) is 1. The fourth-order valence-corrected chi connectivity index (χ4v) is 3.90. The summed E-state index contributed by atoms with van der Waals surface area (Å²) in [6.45, 7) is 4.14. The number of carbonyl (C=O) groups is 5. The number of carbonyl (C=O) groups excluding carboxylic acids is 4. The van der Waals surface area contributed by atoms with Gasteiger partial charge >= 0.3 is 17.7 Å². The molecule has 228 valence electrons. The molecule has 43 heavy (non-hydrogen) atoms. The van der Waals surface area contributed by atoms with E-state index < -0.39 is 66.4 Å². The van der Waals surface area contributed by atoms with Crippen LogP contribution in [0.4, 0.5) is 4.79 Å². The van der Waals surface area contributed by atoms with Crippen molar-refractivity contribution >= 4 is 40.6 Å². The average Bonchev–Trinajstić information content (AvgIpc) is 2.96. The molecule has 0 aliphatic rings. The molecule has 3 rings (SSSR count). The molecule has 2 aromatic carbocycles. The Morgan fingerprint density at radius 1 is 0.884 bits per heavy atom. The molecule has 13 heteroatoms. The van der Waals surface area contributed by atoms with Crippen molar-refractivity contribution in [2.75, 3.05) is 6.61 Å². The van der Waals surface area contributed by atoms with Gasteiger partial charge in [0.05, 0.1) is 6.42 Å². The van der Waals surface area contributed by atoms with Crippen molar-refractivity contribution in [3.8, 4) is 5.75 Å². The highest BCUT2D eigenvalue weighted by Crippen LogP contribution is 2.19. The lowest BCUT2D eigenvalue weighted by atomic mass is 10.0. The number of hydrogen-bond donors (Lipinski definition) is 4.